The molecule has 106 valence electrons. The van der Waals surface area contributed by atoms with Crippen molar-refractivity contribution in [1.82, 2.24) is 10.3 Å². The molecule has 1 aliphatic carbocycles. The maximum absolute atomic E-state index is 5.93. The number of hydrogen-bond donors (Lipinski definition) is 2. The smallest absolute Gasteiger partial charge is 0.0643 e. The van der Waals surface area contributed by atoms with Crippen LogP contribution in [0, 0.1) is 5.92 Å². The van der Waals surface area contributed by atoms with Crippen molar-refractivity contribution in [3.63, 3.8) is 0 Å². The molecule has 0 aromatic heterocycles. The molecule has 3 nitrogen and oxygen atoms in total. The van der Waals surface area contributed by atoms with Crippen molar-refractivity contribution in [1.29, 1.82) is 0 Å². The first kappa shape index (κ1) is 14.5. The zero-order chi connectivity index (χ0) is 13.9. The van der Waals surface area contributed by atoms with Gasteiger partial charge >= 0.3 is 0 Å². The lowest BCUT2D eigenvalue weighted by molar-refractivity contribution is 0.0366. The van der Waals surface area contributed by atoms with Crippen LogP contribution in [-0.4, -0.2) is 24.5 Å². The van der Waals surface area contributed by atoms with Gasteiger partial charge in [-0.1, -0.05) is 50.1 Å². The molecule has 0 heterocycles. The van der Waals surface area contributed by atoms with E-state index in [0.29, 0.717) is 0 Å². The third-order valence-electron chi connectivity index (χ3n) is 4.74. The summed E-state index contributed by atoms with van der Waals surface area (Å²) in [4.78, 5) is 2.38. The van der Waals surface area contributed by atoms with E-state index in [9.17, 15) is 0 Å². The van der Waals surface area contributed by atoms with Crippen LogP contribution in [0.3, 0.4) is 0 Å². The number of benzene rings is 1. The van der Waals surface area contributed by atoms with Gasteiger partial charge in [0.1, 0.15) is 0 Å². The van der Waals surface area contributed by atoms with Crippen molar-refractivity contribution in [3.8, 4) is 0 Å². The predicted octanol–water partition coefficient (Wildman–Crippen LogP) is 2.70. The standard InChI is InChI=1S/C16H27N3/c1-13-8-7-11-16(12-13,19(2)3)15(18-17)14-9-5-4-6-10-14/h4-6,9-10,13,15,18H,7-8,11-12,17H2,1-3H3. The normalized spacial score (nSPS) is 29.4. The highest BCUT2D eigenvalue weighted by Crippen LogP contribution is 2.43. The highest BCUT2D eigenvalue weighted by atomic mass is 15.3. The average molecular weight is 261 g/mol. The van der Waals surface area contributed by atoms with Crippen LogP contribution in [0.15, 0.2) is 30.3 Å². The third-order valence-corrected chi connectivity index (χ3v) is 4.74. The summed E-state index contributed by atoms with van der Waals surface area (Å²) in [6, 6.07) is 10.8. The van der Waals surface area contributed by atoms with E-state index in [1.165, 1.54) is 31.2 Å². The zero-order valence-electron chi connectivity index (χ0n) is 12.4. The summed E-state index contributed by atoms with van der Waals surface area (Å²) in [6.45, 7) is 2.36. The van der Waals surface area contributed by atoms with Gasteiger partial charge < -0.3 is 4.90 Å². The molecule has 1 aromatic rings. The van der Waals surface area contributed by atoms with Crippen LogP contribution in [0.2, 0.25) is 0 Å². The Balaban J connectivity index is 2.36. The number of nitrogens with two attached hydrogens (primary N) is 1. The first-order chi connectivity index (χ1) is 9.10. The van der Waals surface area contributed by atoms with Crippen LogP contribution < -0.4 is 11.3 Å². The van der Waals surface area contributed by atoms with Crippen molar-refractivity contribution in [2.45, 2.75) is 44.2 Å². The quantitative estimate of drug-likeness (QED) is 0.647. The molecule has 0 aliphatic heterocycles. The molecule has 0 saturated heterocycles. The molecule has 0 bridgehead atoms. The van der Waals surface area contributed by atoms with E-state index >= 15 is 0 Å². The van der Waals surface area contributed by atoms with E-state index in [-0.39, 0.29) is 11.6 Å². The average Bonchev–Trinajstić information content (AvgIpc) is 2.40. The molecule has 3 heteroatoms. The third kappa shape index (κ3) is 2.83. The topological polar surface area (TPSA) is 41.3 Å². The Morgan fingerprint density at radius 3 is 2.53 bits per heavy atom. The fraction of sp³-hybridized carbons (Fsp3) is 0.625. The summed E-state index contributed by atoms with van der Waals surface area (Å²) in [5.41, 5.74) is 4.49. The number of rotatable bonds is 4. The SMILES string of the molecule is CC1CCCC(C(NN)c2ccccc2)(N(C)C)C1. The maximum atomic E-state index is 5.93. The number of nitrogens with zero attached hydrogens (tertiary/aromatic N) is 1. The zero-order valence-corrected chi connectivity index (χ0v) is 12.4. The Labute approximate surface area is 117 Å². The largest absolute Gasteiger partial charge is 0.302 e. The molecule has 0 spiro atoms. The monoisotopic (exact) mass is 261 g/mol. The van der Waals surface area contributed by atoms with Gasteiger partial charge in [-0.15, -0.1) is 0 Å². The molecule has 3 atom stereocenters. The number of hydrogen-bond acceptors (Lipinski definition) is 3. The van der Waals surface area contributed by atoms with Gasteiger partial charge in [0.05, 0.1) is 6.04 Å². The lowest BCUT2D eigenvalue weighted by Gasteiger charge is -2.50. The van der Waals surface area contributed by atoms with Gasteiger partial charge in [0.15, 0.2) is 0 Å². The first-order valence-corrected chi connectivity index (χ1v) is 7.28. The summed E-state index contributed by atoms with van der Waals surface area (Å²) in [5.74, 6) is 6.69. The molecule has 1 fully saturated rings. The van der Waals surface area contributed by atoms with Gasteiger partial charge in [0.25, 0.3) is 0 Å². The fourth-order valence-electron chi connectivity index (χ4n) is 3.70. The molecule has 0 amide bonds. The van der Waals surface area contributed by atoms with E-state index in [4.69, 9.17) is 5.84 Å². The number of hydrazine groups is 1. The van der Waals surface area contributed by atoms with Crippen LogP contribution in [-0.2, 0) is 0 Å². The molecule has 2 rings (SSSR count). The Morgan fingerprint density at radius 2 is 2.00 bits per heavy atom. The molecular formula is C16H27N3. The highest BCUT2D eigenvalue weighted by Gasteiger charge is 2.43. The van der Waals surface area contributed by atoms with Crippen LogP contribution in [0.4, 0.5) is 0 Å². The van der Waals surface area contributed by atoms with Crippen molar-refractivity contribution in [3.05, 3.63) is 35.9 Å². The van der Waals surface area contributed by atoms with E-state index in [0.717, 1.165) is 5.92 Å². The Kier molecular flexibility index (Phi) is 4.61. The molecular weight excluding hydrogens is 234 g/mol. The minimum atomic E-state index is 0.119. The van der Waals surface area contributed by atoms with E-state index in [2.05, 4.69) is 61.7 Å². The summed E-state index contributed by atoms with van der Waals surface area (Å²) in [6.07, 6.45) is 5.02. The predicted molar refractivity (Wildman–Crippen MR) is 80.6 cm³/mol. The minimum absolute atomic E-state index is 0.119. The van der Waals surface area contributed by atoms with Gasteiger partial charge in [-0.05, 0) is 38.4 Å². The Morgan fingerprint density at radius 1 is 1.32 bits per heavy atom. The molecule has 1 aliphatic rings. The molecule has 19 heavy (non-hydrogen) atoms. The van der Waals surface area contributed by atoms with Crippen LogP contribution in [0.1, 0.15) is 44.2 Å². The lowest BCUT2D eigenvalue weighted by atomic mass is 9.70. The fourth-order valence-corrected chi connectivity index (χ4v) is 3.70. The first-order valence-electron chi connectivity index (χ1n) is 7.28. The Bertz CT molecular complexity index is 390. The van der Waals surface area contributed by atoms with Crippen LogP contribution in [0.25, 0.3) is 0 Å². The van der Waals surface area contributed by atoms with Crippen molar-refractivity contribution < 1.29 is 0 Å². The second kappa shape index (κ2) is 6.04. The Hall–Kier alpha value is -0.900. The molecule has 1 aromatic carbocycles. The number of likely N-dealkylation sites (N-methyl/N-ethyl adjacent to an activating group) is 1. The minimum Gasteiger partial charge on any atom is -0.302 e. The maximum Gasteiger partial charge on any atom is 0.0643 e. The van der Waals surface area contributed by atoms with Gasteiger partial charge in [-0.3, -0.25) is 11.3 Å². The van der Waals surface area contributed by atoms with Gasteiger partial charge in [0.2, 0.25) is 0 Å². The summed E-state index contributed by atoms with van der Waals surface area (Å²) in [5, 5.41) is 0. The van der Waals surface area contributed by atoms with Gasteiger partial charge in [-0.2, -0.15) is 0 Å². The molecule has 3 N–H and O–H groups in total. The summed E-state index contributed by atoms with van der Waals surface area (Å²) < 4.78 is 0. The second-order valence-electron chi connectivity index (χ2n) is 6.21. The highest BCUT2D eigenvalue weighted by molar-refractivity contribution is 5.24. The van der Waals surface area contributed by atoms with Crippen molar-refractivity contribution >= 4 is 0 Å². The van der Waals surface area contributed by atoms with E-state index < -0.39 is 0 Å². The molecule has 1 saturated carbocycles. The van der Waals surface area contributed by atoms with Gasteiger partial charge in [0, 0.05) is 5.54 Å². The van der Waals surface area contributed by atoms with Crippen molar-refractivity contribution in [2.24, 2.45) is 11.8 Å². The summed E-state index contributed by atoms with van der Waals surface area (Å²) >= 11 is 0. The number of nitrogens with one attached hydrogen (secondary N) is 1. The molecule has 3 unspecified atom stereocenters. The van der Waals surface area contributed by atoms with E-state index in [1.54, 1.807) is 0 Å². The van der Waals surface area contributed by atoms with Crippen LogP contribution >= 0.6 is 0 Å². The lowest BCUT2D eigenvalue weighted by Crippen LogP contribution is -2.57. The van der Waals surface area contributed by atoms with Crippen LogP contribution in [0.5, 0.6) is 0 Å². The van der Waals surface area contributed by atoms with Crippen molar-refractivity contribution in [2.75, 3.05) is 14.1 Å². The van der Waals surface area contributed by atoms with E-state index in [1.807, 2.05) is 0 Å². The van der Waals surface area contributed by atoms with Gasteiger partial charge in [-0.25, -0.2) is 0 Å². The summed E-state index contributed by atoms with van der Waals surface area (Å²) in [7, 11) is 4.37. The second-order valence-corrected chi connectivity index (χ2v) is 6.21. The molecule has 0 radical (unpaired) electrons.